The Morgan fingerprint density at radius 1 is 1.00 bits per heavy atom. The number of amides is 1. The molecule has 2 heterocycles. The lowest BCUT2D eigenvalue weighted by molar-refractivity contribution is -0.134. The number of hydrogen-bond acceptors (Lipinski definition) is 5. The van der Waals surface area contributed by atoms with Gasteiger partial charge in [-0.25, -0.2) is 8.42 Å². The van der Waals surface area contributed by atoms with Gasteiger partial charge in [0.2, 0.25) is 15.9 Å². The van der Waals surface area contributed by atoms with Crippen molar-refractivity contribution in [2.75, 3.05) is 44.7 Å². The highest BCUT2D eigenvalue weighted by atomic mass is 35.5. The number of para-hydroxylation sites is 2. The minimum Gasteiger partial charge on any atom is -0.495 e. The third kappa shape index (κ3) is 4.37. The van der Waals surface area contributed by atoms with Crippen molar-refractivity contribution >= 4 is 33.2 Å². The van der Waals surface area contributed by atoms with Crippen LogP contribution in [0.25, 0.3) is 0 Å². The molecule has 2 aliphatic heterocycles. The fourth-order valence-electron chi connectivity index (χ4n) is 4.29. The van der Waals surface area contributed by atoms with Crippen LogP contribution in [0.15, 0.2) is 53.4 Å². The summed E-state index contributed by atoms with van der Waals surface area (Å²) >= 11 is 5.90. The van der Waals surface area contributed by atoms with Crippen molar-refractivity contribution < 1.29 is 17.9 Å². The third-order valence-corrected chi connectivity index (χ3v) is 8.10. The predicted molar refractivity (Wildman–Crippen MR) is 120 cm³/mol. The maximum absolute atomic E-state index is 13.3. The molecule has 2 saturated heterocycles. The molecule has 2 aliphatic rings. The van der Waals surface area contributed by atoms with E-state index < -0.39 is 16.1 Å². The smallest absolute Gasteiger partial charge is 0.243 e. The van der Waals surface area contributed by atoms with E-state index in [2.05, 4.69) is 4.90 Å². The summed E-state index contributed by atoms with van der Waals surface area (Å²) in [5, 5.41) is 0.473. The van der Waals surface area contributed by atoms with E-state index in [-0.39, 0.29) is 10.8 Å². The fraction of sp³-hybridized carbons (Fsp3) is 0.409. The number of anilines is 1. The zero-order valence-electron chi connectivity index (χ0n) is 17.4. The number of piperazine rings is 1. The van der Waals surface area contributed by atoms with Gasteiger partial charge < -0.3 is 14.5 Å². The number of benzene rings is 2. The van der Waals surface area contributed by atoms with Gasteiger partial charge in [0.05, 0.1) is 17.7 Å². The molecule has 0 radical (unpaired) electrons. The van der Waals surface area contributed by atoms with Crippen LogP contribution < -0.4 is 9.64 Å². The maximum Gasteiger partial charge on any atom is 0.243 e. The molecule has 9 heteroatoms. The lowest BCUT2D eigenvalue weighted by Gasteiger charge is -2.38. The van der Waals surface area contributed by atoms with Gasteiger partial charge in [-0.1, -0.05) is 23.7 Å². The van der Waals surface area contributed by atoms with Crippen molar-refractivity contribution in [3.05, 3.63) is 53.6 Å². The van der Waals surface area contributed by atoms with Crippen LogP contribution in [0.4, 0.5) is 5.69 Å². The molecule has 166 valence electrons. The summed E-state index contributed by atoms with van der Waals surface area (Å²) < 4.78 is 33.1. The summed E-state index contributed by atoms with van der Waals surface area (Å²) in [4.78, 5) is 17.4. The van der Waals surface area contributed by atoms with Crippen LogP contribution in [0, 0.1) is 0 Å². The number of carbonyl (C=O) groups excluding carboxylic acids is 1. The van der Waals surface area contributed by atoms with Gasteiger partial charge in [0.25, 0.3) is 0 Å². The molecule has 0 unspecified atom stereocenters. The van der Waals surface area contributed by atoms with Gasteiger partial charge in [-0.05, 0) is 49.2 Å². The average Bonchev–Trinajstić information content (AvgIpc) is 3.30. The highest BCUT2D eigenvalue weighted by Gasteiger charge is 2.41. The minimum absolute atomic E-state index is 0.116. The SMILES string of the molecule is COc1ccccc1N1CCN(C(=O)[C@H]2CCCN2S(=O)(=O)c2ccc(Cl)cc2)CC1. The van der Waals surface area contributed by atoms with Crippen molar-refractivity contribution in [2.24, 2.45) is 0 Å². The fourth-order valence-corrected chi connectivity index (χ4v) is 6.06. The van der Waals surface area contributed by atoms with E-state index in [0.29, 0.717) is 50.6 Å². The molecule has 1 amide bonds. The topological polar surface area (TPSA) is 70.2 Å². The molecule has 7 nitrogen and oxygen atoms in total. The molecule has 0 aromatic heterocycles. The van der Waals surface area contributed by atoms with E-state index in [1.165, 1.54) is 16.4 Å². The van der Waals surface area contributed by atoms with Crippen LogP contribution >= 0.6 is 11.6 Å². The van der Waals surface area contributed by atoms with Crippen LogP contribution in [-0.2, 0) is 14.8 Å². The largest absolute Gasteiger partial charge is 0.495 e. The van der Waals surface area contributed by atoms with Crippen molar-refractivity contribution in [3.63, 3.8) is 0 Å². The Morgan fingerprint density at radius 2 is 1.68 bits per heavy atom. The van der Waals surface area contributed by atoms with E-state index in [0.717, 1.165) is 11.4 Å². The summed E-state index contributed by atoms with van der Waals surface area (Å²) in [6.45, 7) is 2.78. The Morgan fingerprint density at radius 3 is 2.35 bits per heavy atom. The molecule has 0 N–H and O–H groups in total. The zero-order chi connectivity index (χ0) is 22.0. The first-order valence-electron chi connectivity index (χ1n) is 10.4. The van der Waals surface area contributed by atoms with Gasteiger partial charge in [-0.15, -0.1) is 0 Å². The molecule has 0 aliphatic carbocycles. The summed E-state index contributed by atoms with van der Waals surface area (Å²) in [6, 6.07) is 13.3. The van der Waals surface area contributed by atoms with Gasteiger partial charge in [0.1, 0.15) is 11.8 Å². The number of carbonyl (C=O) groups is 1. The second-order valence-electron chi connectivity index (χ2n) is 7.71. The molecule has 2 aromatic carbocycles. The van der Waals surface area contributed by atoms with E-state index in [1.54, 1.807) is 24.1 Å². The molecule has 31 heavy (non-hydrogen) atoms. The Labute approximate surface area is 188 Å². The van der Waals surface area contributed by atoms with E-state index in [1.807, 2.05) is 24.3 Å². The van der Waals surface area contributed by atoms with Crippen LogP contribution in [0.1, 0.15) is 12.8 Å². The van der Waals surface area contributed by atoms with Crippen LogP contribution in [0.2, 0.25) is 5.02 Å². The first-order chi connectivity index (χ1) is 14.9. The van der Waals surface area contributed by atoms with E-state index in [9.17, 15) is 13.2 Å². The van der Waals surface area contributed by atoms with E-state index >= 15 is 0 Å². The number of sulfonamides is 1. The zero-order valence-corrected chi connectivity index (χ0v) is 19.0. The molecule has 0 spiro atoms. The Balaban J connectivity index is 1.45. The quantitative estimate of drug-likeness (QED) is 0.682. The number of nitrogens with zero attached hydrogens (tertiary/aromatic N) is 3. The van der Waals surface area contributed by atoms with E-state index in [4.69, 9.17) is 16.3 Å². The highest BCUT2D eigenvalue weighted by molar-refractivity contribution is 7.89. The average molecular weight is 464 g/mol. The van der Waals surface area contributed by atoms with Gasteiger partial charge in [0, 0.05) is 37.7 Å². The van der Waals surface area contributed by atoms with Gasteiger partial charge in [-0.2, -0.15) is 4.31 Å². The van der Waals surface area contributed by atoms with Gasteiger partial charge >= 0.3 is 0 Å². The summed E-state index contributed by atoms with van der Waals surface area (Å²) in [5.41, 5.74) is 1.00. The summed E-state index contributed by atoms with van der Waals surface area (Å²) in [7, 11) is -2.10. The molecule has 2 fully saturated rings. The van der Waals surface area contributed by atoms with Crippen LogP contribution in [0.3, 0.4) is 0 Å². The third-order valence-electron chi connectivity index (χ3n) is 5.93. The van der Waals surface area contributed by atoms with Crippen molar-refractivity contribution in [2.45, 2.75) is 23.8 Å². The molecule has 2 aromatic rings. The number of hydrogen-bond donors (Lipinski definition) is 0. The van der Waals surface area contributed by atoms with Crippen molar-refractivity contribution in [3.8, 4) is 5.75 Å². The Bertz CT molecular complexity index is 1040. The molecule has 0 bridgehead atoms. The Hall–Kier alpha value is -2.29. The normalized spacial score (nSPS) is 20.1. The second kappa shape index (κ2) is 9.06. The predicted octanol–water partition coefficient (Wildman–Crippen LogP) is 2.85. The van der Waals surface area contributed by atoms with Crippen LogP contribution in [0.5, 0.6) is 5.75 Å². The standard InChI is InChI=1S/C22H26ClN3O4S/c1-30-21-7-3-2-5-19(21)24-13-15-25(16-14-24)22(27)20-6-4-12-26(20)31(28,29)18-10-8-17(23)9-11-18/h2-3,5,7-11,20H,4,6,12-16H2,1H3/t20-/m1/s1. The molecule has 0 saturated carbocycles. The lowest BCUT2D eigenvalue weighted by atomic mass is 10.1. The Kier molecular flexibility index (Phi) is 6.41. The lowest BCUT2D eigenvalue weighted by Crippen LogP contribution is -2.54. The molecular formula is C22H26ClN3O4S. The minimum atomic E-state index is -3.75. The molecular weight excluding hydrogens is 438 g/mol. The first-order valence-corrected chi connectivity index (χ1v) is 12.2. The number of rotatable bonds is 5. The van der Waals surface area contributed by atoms with Crippen molar-refractivity contribution in [1.29, 1.82) is 0 Å². The number of halogens is 1. The number of methoxy groups -OCH3 is 1. The second-order valence-corrected chi connectivity index (χ2v) is 10.0. The van der Waals surface area contributed by atoms with Crippen molar-refractivity contribution in [1.82, 2.24) is 9.21 Å². The van der Waals surface area contributed by atoms with Gasteiger partial charge in [0.15, 0.2) is 0 Å². The molecule has 4 rings (SSSR count). The van der Waals surface area contributed by atoms with Gasteiger partial charge in [-0.3, -0.25) is 4.79 Å². The monoisotopic (exact) mass is 463 g/mol. The first kappa shape index (κ1) is 21.9. The summed E-state index contributed by atoms with van der Waals surface area (Å²) in [6.07, 6.45) is 1.21. The van der Waals surface area contributed by atoms with Crippen LogP contribution in [-0.4, -0.2) is 69.4 Å². The highest BCUT2D eigenvalue weighted by Crippen LogP contribution is 2.30. The summed E-state index contributed by atoms with van der Waals surface area (Å²) in [5.74, 6) is 0.688. The molecule has 1 atom stereocenters. The number of ether oxygens (including phenoxy) is 1. The maximum atomic E-state index is 13.3.